The van der Waals surface area contributed by atoms with E-state index < -0.39 is 0 Å². The van der Waals surface area contributed by atoms with Crippen molar-refractivity contribution in [1.82, 2.24) is 10.3 Å². The van der Waals surface area contributed by atoms with Gasteiger partial charge in [0.1, 0.15) is 11.6 Å². The van der Waals surface area contributed by atoms with E-state index in [9.17, 15) is 4.39 Å². The molecule has 1 aliphatic heterocycles. The maximum atomic E-state index is 12.8. The Morgan fingerprint density at radius 1 is 1.40 bits per heavy atom. The van der Waals surface area contributed by atoms with Gasteiger partial charge in [0.05, 0.1) is 6.20 Å². The van der Waals surface area contributed by atoms with Gasteiger partial charge in [0, 0.05) is 26.2 Å². The summed E-state index contributed by atoms with van der Waals surface area (Å²) in [5.41, 5.74) is 0.909. The summed E-state index contributed by atoms with van der Waals surface area (Å²) in [4.78, 5) is 6.31. The zero-order valence-electron chi connectivity index (χ0n) is 8.66. The van der Waals surface area contributed by atoms with E-state index in [-0.39, 0.29) is 18.2 Å². The predicted molar refractivity (Wildman–Crippen MR) is 61.3 cm³/mol. The smallest absolute Gasteiger partial charge is 0.141 e. The highest BCUT2D eigenvalue weighted by Crippen LogP contribution is 2.17. The van der Waals surface area contributed by atoms with Crippen LogP contribution in [0.3, 0.4) is 0 Å². The van der Waals surface area contributed by atoms with Gasteiger partial charge in [-0.15, -0.1) is 12.4 Å². The topological polar surface area (TPSA) is 28.2 Å². The highest BCUT2D eigenvalue weighted by Gasteiger charge is 2.13. The molecule has 1 aromatic heterocycles. The molecule has 1 N–H and O–H groups in total. The van der Waals surface area contributed by atoms with Crippen LogP contribution >= 0.6 is 12.4 Å². The molecule has 1 saturated heterocycles. The van der Waals surface area contributed by atoms with Crippen molar-refractivity contribution in [2.45, 2.75) is 6.92 Å². The van der Waals surface area contributed by atoms with Gasteiger partial charge in [-0.25, -0.2) is 9.37 Å². The Bertz CT molecular complexity index is 326. The first kappa shape index (κ1) is 12.2. The van der Waals surface area contributed by atoms with Crippen molar-refractivity contribution in [1.29, 1.82) is 0 Å². The molecule has 3 nitrogen and oxygen atoms in total. The number of nitrogens with one attached hydrogen (secondary N) is 1. The van der Waals surface area contributed by atoms with Gasteiger partial charge >= 0.3 is 0 Å². The third kappa shape index (κ3) is 2.79. The molecule has 5 heteroatoms. The second-order valence-electron chi connectivity index (χ2n) is 3.53. The van der Waals surface area contributed by atoms with E-state index in [1.54, 1.807) is 0 Å². The Kier molecular flexibility index (Phi) is 4.29. The van der Waals surface area contributed by atoms with Gasteiger partial charge < -0.3 is 10.2 Å². The van der Waals surface area contributed by atoms with Crippen LogP contribution in [0.2, 0.25) is 0 Å². The molecule has 1 fully saturated rings. The molecule has 2 rings (SSSR count). The van der Waals surface area contributed by atoms with Crippen molar-refractivity contribution in [3.05, 3.63) is 23.6 Å². The van der Waals surface area contributed by atoms with Gasteiger partial charge in [-0.1, -0.05) is 0 Å². The maximum Gasteiger partial charge on any atom is 0.141 e. The lowest BCUT2D eigenvalue weighted by Crippen LogP contribution is -2.44. The summed E-state index contributed by atoms with van der Waals surface area (Å²) >= 11 is 0. The zero-order valence-corrected chi connectivity index (χ0v) is 9.48. The summed E-state index contributed by atoms with van der Waals surface area (Å²) in [6.07, 6.45) is 1.28. The Morgan fingerprint density at radius 2 is 2.07 bits per heavy atom. The van der Waals surface area contributed by atoms with E-state index >= 15 is 0 Å². The van der Waals surface area contributed by atoms with Crippen LogP contribution in [0.25, 0.3) is 0 Å². The second kappa shape index (κ2) is 5.28. The molecule has 0 saturated carbocycles. The van der Waals surface area contributed by atoms with E-state index in [0.29, 0.717) is 0 Å². The number of nitrogens with zero attached hydrogens (tertiary/aromatic N) is 2. The van der Waals surface area contributed by atoms with Crippen LogP contribution in [0, 0.1) is 12.7 Å². The van der Waals surface area contributed by atoms with Crippen LogP contribution in [-0.2, 0) is 0 Å². The number of piperazine rings is 1. The first-order valence-corrected chi connectivity index (χ1v) is 4.85. The minimum absolute atomic E-state index is 0. The molecule has 0 aliphatic carbocycles. The summed E-state index contributed by atoms with van der Waals surface area (Å²) in [7, 11) is 0. The van der Waals surface area contributed by atoms with Crippen molar-refractivity contribution in [3.8, 4) is 0 Å². The molecule has 1 aliphatic rings. The van der Waals surface area contributed by atoms with Crippen molar-refractivity contribution < 1.29 is 4.39 Å². The molecule has 1 aromatic rings. The summed E-state index contributed by atoms with van der Waals surface area (Å²) in [5, 5.41) is 3.27. The molecule has 0 radical (unpaired) electrons. The Hall–Kier alpha value is -0.870. The van der Waals surface area contributed by atoms with Crippen LogP contribution in [0.1, 0.15) is 5.56 Å². The second-order valence-corrected chi connectivity index (χ2v) is 3.53. The van der Waals surface area contributed by atoms with Crippen LogP contribution in [0.5, 0.6) is 0 Å². The van der Waals surface area contributed by atoms with Gasteiger partial charge in [0.2, 0.25) is 0 Å². The maximum absolute atomic E-state index is 12.8. The highest BCUT2D eigenvalue weighted by molar-refractivity contribution is 5.85. The quantitative estimate of drug-likeness (QED) is 0.791. The Labute approximate surface area is 95.1 Å². The highest BCUT2D eigenvalue weighted by atomic mass is 35.5. The first-order chi connectivity index (χ1) is 6.77. The lowest BCUT2D eigenvalue weighted by atomic mass is 10.2. The number of halogens is 2. The largest absolute Gasteiger partial charge is 0.354 e. The van der Waals surface area contributed by atoms with Crippen LogP contribution in [-0.4, -0.2) is 31.2 Å². The van der Waals surface area contributed by atoms with E-state index in [0.717, 1.165) is 37.6 Å². The number of aromatic nitrogens is 1. The monoisotopic (exact) mass is 231 g/mol. The fraction of sp³-hybridized carbons (Fsp3) is 0.500. The lowest BCUT2D eigenvalue weighted by Gasteiger charge is -2.29. The molecular weight excluding hydrogens is 217 g/mol. The molecule has 0 atom stereocenters. The molecule has 15 heavy (non-hydrogen) atoms. The molecule has 2 heterocycles. The van der Waals surface area contributed by atoms with Crippen molar-refractivity contribution in [2.24, 2.45) is 0 Å². The van der Waals surface area contributed by atoms with Gasteiger partial charge in [-0.3, -0.25) is 0 Å². The van der Waals surface area contributed by atoms with Crippen molar-refractivity contribution >= 4 is 18.2 Å². The van der Waals surface area contributed by atoms with E-state index in [2.05, 4.69) is 15.2 Å². The average Bonchev–Trinajstić information content (AvgIpc) is 2.19. The molecule has 0 aromatic carbocycles. The van der Waals surface area contributed by atoms with Crippen molar-refractivity contribution in [3.63, 3.8) is 0 Å². The average molecular weight is 232 g/mol. The molecule has 0 unspecified atom stereocenters. The number of aryl methyl sites for hydroxylation is 1. The van der Waals surface area contributed by atoms with E-state index in [1.807, 2.05) is 6.92 Å². The fourth-order valence-electron chi connectivity index (χ4n) is 1.74. The van der Waals surface area contributed by atoms with E-state index in [4.69, 9.17) is 0 Å². The molecule has 84 valence electrons. The minimum Gasteiger partial charge on any atom is -0.354 e. The van der Waals surface area contributed by atoms with Gasteiger partial charge in [0.25, 0.3) is 0 Å². The van der Waals surface area contributed by atoms with Crippen LogP contribution < -0.4 is 10.2 Å². The Balaban J connectivity index is 0.00000112. The number of hydrogen-bond acceptors (Lipinski definition) is 3. The van der Waals surface area contributed by atoms with Crippen LogP contribution in [0.15, 0.2) is 12.3 Å². The lowest BCUT2D eigenvalue weighted by molar-refractivity contribution is 0.579. The third-order valence-electron chi connectivity index (χ3n) is 2.43. The van der Waals surface area contributed by atoms with E-state index in [1.165, 1.54) is 12.3 Å². The number of pyridine rings is 1. The number of rotatable bonds is 1. The number of hydrogen-bond donors (Lipinski definition) is 1. The first-order valence-electron chi connectivity index (χ1n) is 4.85. The molecular formula is C10H15ClFN3. The minimum atomic E-state index is -0.263. The summed E-state index contributed by atoms with van der Waals surface area (Å²) in [6, 6.07) is 1.53. The summed E-state index contributed by atoms with van der Waals surface area (Å²) in [6.45, 7) is 5.73. The summed E-state index contributed by atoms with van der Waals surface area (Å²) in [5.74, 6) is 0.647. The standard InChI is InChI=1S/C10H14FN3.ClH/c1-8-6-9(11)7-13-10(8)14-4-2-12-3-5-14;/h6-7,12H,2-5H2,1H3;1H. The van der Waals surface area contributed by atoms with Gasteiger partial charge in [0.15, 0.2) is 0 Å². The normalized spacial score (nSPS) is 16.0. The fourth-order valence-corrected chi connectivity index (χ4v) is 1.74. The molecule has 0 bridgehead atoms. The summed E-state index contributed by atoms with van der Waals surface area (Å²) < 4.78 is 12.8. The molecule has 0 spiro atoms. The SMILES string of the molecule is Cc1cc(F)cnc1N1CCNCC1.Cl. The van der Waals surface area contributed by atoms with Gasteiger partial charge in [-0.2, -0.15) is 0 Å². The predicted octanol–water partition coefficient (Wildman–Crippen LogP) is 1.36. The van der Waals surface area contributed by atoms with Crippen molar-refractivity contribution in [2.75, 3.05) is 31.1 Å². The van der Waals surface area contributed by atoms with Gasteiger partial charge in [-0.05, 0) is 18.6 Å². The van der Waals surface area contributed by atoms with Crippen LogP contribution in [0.4, 0.5) is 10.2 Å². The number of anilines is 1. The Morgan fingerprint density at radius 3 is 2.67 bits per heavy atom. The third-order valence-corrected chi connectivity index (χ3v) is 2.43. The molecule has 0 amide bonds. The zero-order chi connectivity index (χ0) is 9.97.